The van der Waals surface area contributed by atoms with Crippen molar-refractivity contribution in [2.75, 3.05) is 95.8 Å². The average molecular weight is 1520 g/mol. The summed E-state index contributed by atoms with van der Waals surface area (Å²) in [4.78, 5) is 194. The topological polar surface area (TPSA) is 289 Å². The van der Waals surface area contributed by atoms with Gasteiger partial charge < -0.3 is 69.5 Å². The molecule has 26 nitrogen and oxygen atoms in total. The maximum Gasteiger partial charge on any atom is 0.397 e. The predicted octanol–water partition coefficient (Wildman–Crippen LogP) is 5.33. The molecular weight excluding hydrogens is 1400 g/mol. The largest absolute Gasteiger partial charge is 0.397 e. The van der Waals surface area contributed by atoms with Gasteiger partial charge in [-0.05, 0) is 119 Å². The van der Waals surface area contributed by atoms with Gasteiger partial charge in [-0.15, -0.1) is 0 Å². The molecule has 107 heavy (non-hydrogen) atoms. The summed E-state index contributed by atoms with van der Waals surface area (Å²) in [6, 6.07) is -11.3. The van der Waals surface area contributed by atoms with Gasteiger partial charge in [0.1, 0.15) is 78.7 Å². The molecule has 1 spiro atoms. The molecule has 5 saturated carbocycles. The van der Waals surface area contributed by atoms with Crippen LogP contribution in [0.4, 0.5) is 22.0 Å². The number of nitrogens with one attached hydrogen (secondary N) is 3. The molecule has 12 atom stereocenters. The minimum absolute atomic E-state index is 0.0182. The van der Waals surface area contributed by atoms with Gasteiger partial charge in [0.2, 0.25) is 70.9 Å². The van der Waals surface area contributed by atoms with Gasteiger partial charge in [0.25, 0.3) is 0 Å². The molecule has 602 valence electrons. The molecule has 0 radical (unpaired) electrons. The van der Waals surface area contributed by atoms with E-state index in [-0.39, 0.29) is 70.7 Å². The number of carbonyl (C=O) groups is 12. The molecule has 0 aromatic rings. The van der Waals surface area contributed by atoms with Gasteiger partial charge in [0.05, 0.1) is 25.7 Å². The van der Waals surface area contributed by atoms with Gasteiger partial charge in [0, 0.05) is 88.6 Å². The molecule has 31 heteroatoms. The standard InChI is InChI=1S/C76H119F5N12O14/c1-14-45(3)63-71(103)92(49-30-31-49)41-61(96)87(9)54-28-20-17-23-33-91(70(54)102)57(36-46-24-18-16-19-25-46)69(101)86(8)40-59(94)82-53(32-29-47-34-51(77)62(52(78)35-47)76(79,80)81)67(99)93-39-50(107-15-2)37-55(93)66(98)84-75(43-74(4,5)44-75)73(105)90(12)64(48-26-21-22-27-48)72(104)89(11)56(68(100)85(6)7)38-60(95)88(10)58(42-106-13)65(97)83-63/h17,20,45-58,62-64H,14-16,18-19,21-44H2,1-13H3,(H,82,94)(H,83,97)(H,84,98)/b20-17-/t45-,47?,50+,51?,52?,53-,54-,55-,56-,57-,58-,62?,63-,64-/m0/s1. The van der Waals surface area contributed by atoms with Crippen molar-refractivity contribution in [3.63, 3.8) is 0 Å². The van der Waals surface area contributed by atoms with Gasteiger partial charge in [-0.3, -0.25) is 57.5 Å². The van der Waals surface area contributed by atoms with E-state index in [2.05, 4.69) is 16.0 Å². The number of amides is 12. The Bertz CT molecular complexity index is 3220. The fourth-order valence-corrected chi connectivity index (χ4v) is 17.9. The number of fused-ring (bicyclic) bond motifs is 3. The Kier molecular flexibility index (Phi) is 29.3. The molecule has 0 aromatic heterocycles. The van der Waals surface area contributed by atoms with Crippen molar-refractivity contribution in [1.82, 2.24) is 60.0 Å². The lowest BCUT2D eigenvalue weighted by molar-refractivity contribution is -0.219. The zero-order chi connectivity index (χ0) is 78.9. The Labute approximate surface area is 627 Å². The minimum atomic E-state index is -5.18. The summed E-state index contributed by atoms with van der Waals surface area (Å²) in [6.45, 7) is 7.35. The maximum absolute atomic E-state index is 15.8. The SMILES string of the molecule is CCO[C@@H]1C[C@H]2C(=O)NC3(CC(C)(C)C3)C(=O)N(C)[C@@H](C3CCCC3)C(=O)N(C)[C@H](C(=O)N(C)C)CC(=O)N(C)[C@@H](COC)C(=O)N[C@@H]([C@@H](C)CC)C(=O)N(C3CC3)CC(=O)N(C)[C@H]3C/C=C\CCN(C3=O)[C@@H](CC3CCCCC3)C(=O)N(C)CC(=O)N[C@@H](CCC3CC(F)C(C(F)(F)F)C(F)C3)C(=O)N2C1. The van der Waals surface area contributed by atoms with Gasteiger partial charge >= 0.3 is 6.18 Å². The van der Waals surface area contributed by atoms with E-state index in [4.69, 9.17) is 9.47 Å². The molecule has 8 aliphatic rings. The number of likely N-dealkylation sites (N-methyl/N-ethyl adjacent to an activating group) is 6. The highest BCUT2D eigenvalue weighted by Crippen LogP contribution is 2.50. The first-order valence-electron chi connectivity index (χ1n) is 38.8. The number of hydrogen-bond donors (Lipinski definition) is 3. The predicted molar refractivity (Wildman–Crippen MR) is 385 cm³/mol. The van der Waals surface area contributed by atoms with Crippen LogP contribution in [-0.2, 0) is 67.0 Å². The average Bonchev–Trinajstić information content (AvgIpc) is 1.09. The van der Waals surface area contributed by atoms with Crippen LogP contribution in [0.1, 0.15) is 182 Å². The number of alkyl halides is 5. The van der Waals surface area contributed by atoms with Crippen LogP contribution in [0.15, 0.2) is 12.2 Å². The summed E-state index contributed by atoms with van der Waals surface area (Å²) in [7, 11) is 11.2. The van der Waals surface area contributed by atoms with Crippen LogP contribution in [0.3, 0.4) is 0 Å². The number of halogens is 5. The number of hydrogen-bond acceptors (Lipinski definition) is 14. The number of nitrogens with zero attached hydrogens (tertiary/aromatic N) is 9. The Morgan fingerprint density at radius 3 is 1.89 bits per heavy atom. The fraction of sp³-hybridized carbons (Fsp3) is 0.816. The smallest absolute Gasteiger partial charge is 0.382 e. The molecule has 12 amide bonds. The molecule has 3 N–H and O–H groups in total. The van der Waals surface area contributed by atoms with Crippen LogP contribution < -0.4 is 16.0 Å². The summed E-state index contributed by atoms with van der Waals surface area (Å²) in [5, 5.41) is 8.63. The molecule has 8 rings (SSSR count). The van der Waals surface area contributed by atoms with E-state index in [0.29, 0.717) is 51.4 Å². The van der Waals surface area contributed by atoms with E-state index in [1.807, 2.05) is 26.8 Å². The minimum Gasteiger partial charge on any atom is -0.382 e. The highest BCUT2D eigenvalue weighted by atomic mass is 19.4. The summed E-state index contributed by atoms with van der Waals surface area (Å²) in [6.07, 6.45) is -1.94. The van der Waals surface area contributed by atoms with Crippen LogP contribution in [-0.4, -0.2) is 295 Å². The third-order valence-electron chi connectivity index (χ3n) is 24.1. The van der Waals surface area contributed by atoms with Crippen molar-refractivity contribution in [1.29, 1.82) is 0 Å². The third kappa shape index (κ3) is 20.5. The first kappa shape index (κ1) is 85.6. The summed E-state index contributed by atoms with van der Waals surface area (Å²) in [5.41, 5.74) is -2.29. The number of carbonyl (C=O) groups excluding carboxylic acids is 12. The van der Waals surface area contributed by atoms with E-state index in [1.54, 1.807) is 19.9 Å². The van der Waals surface area contributed by atoms with Crippen LogP contribution in [0.25, 0.3) is 0 Å². The van der Waals surface area contributed by atoms with Gasteiger partial charge in [-0.2, -0.15) is 13.2 Å². The van der Waals surface area contributed by atoms with Crippen LogP contribution >= 0.6 is 0 Å². The second-order valence-corrected chi connectivity index (χ2v) is 32.9. The lowest BCUT2D eigenvalue weighted by Crippen LogP contribution is -2.71. The van der Waals surface area contributed by atoms with Gasteiger partial charge in [-0.25, -0.2) is 8.78 Å². The van der Waals surface area contributed by atoms with E-state index in [0.717, 1.165) is 46.8 Å². The van der Waals surface area contributed by atoms with Crippen LogP contribution in [0, 0.1) is 35.0 Å². The monoisotopic (exact) mass is 1520 g/mol. The van der Waals surface area contributed by atoms with Crippen molar-refractivity contribution < 1.29 is 89.0 Å². The highest BCUT2D eigenvalue weighted by molar-refractivity contribution is 6.01. The first-order chi connectivity index (χ1) is 50.4. The zero-order valence-corrected chi connectivity index (χ0v) is 65.1. The molecule has 7 fully saturated rings. The first-order valence-corrected chi connectivity index (χ1v) is 38.8. The van der Waals surface area contributed by atoms with Gasteiger partial charge in [0.15, 0.2) is 0 Å². The zero-order valence-electron chi connectivity index (χ0n) is 65.1. The Morgan fingerprint density at radius 2 is 1.31 bits per heavy atom. The molecule has 3 aliphatic heterocycles. The number of rotatable bonds is 14. The molecule has 3 heterocycles. The van der Waals surface area contributed by atoms with Crippen molar-refractivity contribution >= 4 is 70.9 Å². The summed E-state index contributed by atoms with van der Waals surface area (Å²) < 4.78 is 84.6. The van der Waals surface area contributed by atoms with E-state index < -0.39 is 223 Å². The Hall–Kier alpha value is -7.05. The van der Waals surface area contributed by atoms with Crippen molar-refractivity contribution in [3.8, 4) is 0 Å². The summed E-state index contributed by atoms with van der Waals surface area (Å²) in [5.74, 6) is -13.6. The molecule has 2 unspecified atom stereocenters. The van der Waals surface area contributed by atoms with Crippen molar-refractivity contribution in [2.45, 2.75) is 267 Å². The van der Waals surface area contributed by atoms with E-state index in [1.165, 1.54) is 85.8 Å². The second-order valence-electron chi connectivity index (χ2n) is 32.9. The van der Waals surface area contributed by atoms with Crippen LogP contribution in [0.5, 0.6) is 0 Å². The van der Waals surface area contributed by atoms with E-state index >= 15 is 42.3 Å². The number of ether oxygens (including phenoxy) is 2. The van der Waals surface area contributed by atoms with Crippen molar-refractivity contribution in [3.05, 3.63) is 12.2 Å². The molecule has 5 aliphatic carbocycles. The highest BCUT2D eigenvalue weighted by Gasteiger charge is 2.60. The van der Waals surface area contributed by atoms with E-state index in [9.17, 15) is 37.1 Å². The second kappa shape index (κ2) is 36.6. The normalized spacial score (nSPS) is 31.9. The Morgan fingerprint density at radius 1 is 0.673 bits per heavy atom. The number of methoxy groups -OCH3 is 1. The lowest BCUT2D eigenvalue weighted by atomic mass is 9.58. The van der Waals surface area contributed by atoms with Crippen molar-refractivity contribution in [2.24, 2.45) is 35.0 Å². The fourth-order valence-electron chi connectivity index (χ4n) is 17.9. The third-order valence-corrected chi connectivity index (χ3v) is 24.1. The quantitative estimate of drug-likeness (QED) is 0.146. The van der Waals surface area contributed by atoms with Gasteiger partial charge in [-0.1, -0.05) is 91.2 Å². The molecular formula is C76H119F5N12O14. The molecule has 2 bridgehead atoms. The maximum atomic E-state index is 15.8. The summed E-state index contributed by atoms with van der Waals surface area (Å²) >= 11 is 0. The lowest BCUT2D eigenvalue weighted by Gasteiger charge is -2.54. The Balaban J connectivity index is 1.21. The molecule has 0 aromatic carbocycles. The molecule has 2 saturated heterocycles. The van der Waals surface area contributed by atoms with Crippen LogP contribution in [0.2, 0.25) is 0 Å².